The molecule has 0 spiro atoms. The number of nitrogens with zero attached hydrogens (tertiary/aromatic N) is 1. The van der Waals surface area contributed by atoms with Crippen LogP contribution in [0.15, 0.2) is 96.8 Å². The summed E-state index contributed by atoms with van der Waals surface area (Å²) in [6.45, 7) is 0. The molecule has 0 amide bonds. The molecular formula is C27H23N. The molecule has 1 heterocycles. The Bertz CT molecular complexity index is 1150. The van der Waals surface area contributed by atoms with Crippen LogP contribution in [0.25, 0.3) is 27.1 Å². The average Bonchev–Trinajstić information content (AvgIpc) is 2.79. The summed E-state index contributed by atoms with van der Waals surface area (Å²) >= 11 is 0. The Morgan fingerprint density at radius 2 is 1.50 bits per heavy atom. The maximum absolute atomic E-state index is 4.01. The summed E-state index contributed by atoms with van der Waals surface area (Å²) in [7, 11) is 0. The number of hydrogen-bond donors (Lipinski definition) is 0. The molecule has 2 aliphatic carbocycles. The third-order valence-electron chi connectivity index (χ3n) is 5.84. The summed E-state index contributed by atoms with van der Waals surface area (Å²) in [6.07, 6.45) is 13.3. The SMILES string of the molecule is C1=CC2=C(CC1)CCc1c2ccc2ccccc12.c1ccc2cnccc2c1. The van der Waals surface area contributed by atoms with E-state index in [0.29, 0.717) is 0 Å². The van der Waals surface area contributed by atoms with Crippen LogP contribution >= 0.6 is 0 Å². The van der Waals surface area contributed by atoms with Crippen LogP contribution in [0.1, 0.15) is 30.4 Å². The molecule has 3 aromatic carbocycles. The van der Waals surface area contributed by atoms with Gasteiger partial charge in [-0.15, -0.1) is 0 Å². The van der Waals surface area contributed by atoms with Crippen molar-refractivity contribution >= 4 is 27.1 Å². The van der Waals surface area contributed by atoms with Crippen molar-refractivity contribution in [2.24, 2.45) is 0 Å². The normalized spacial score (nSPS) is 15.0. The van der Waals surface area contributed by atoms with Crippen molar-refractivity contribution in [2.75, 3.05) is 0 Å². The van der Waals surface area contributed by atoms with E-state index in [1.54, 1.807) is 11.1 Å². The number of aryl methyl sites for hydroxylation is 1. The van der Waals surface area contributed by atoms with Gasteiger partial charge >= 0.3 is 0 Å². The fourth-order valence-corrected chi connectivity index (χ4v) is 4.41. The van der Waals surface area contributed by atoms with E-state index in [2.05, 4.69) is 65.7 Å². The summed E-state index contributed by atoms with van der Waals surface area (Å²) < 4.78 is 0. The first kappa shape index (κ1) is 16.9. The van der Waals surface area contributed by atoms with Gasteiger partial charge in [-0.2, -0.15) is 0 Å². The predicted molar refractivity (Wildman–Crippen MR) is 119 cm³/mol. The number of rotatable bonds is 0. The van der Waals surface area contributed by atoms with Gasteiger partial charge in [-0.25, -0.2) is 0 Å². The van der Waals surface area contributed by atoms with Gasteiger partial charge in [0.2, 0.25) is 0 Å². The Morgan fingerprint density at radius 1 is 0.679 bits per heavy atom. The zero-order valence-electron chi connectivity index (χ0n) is 15.9. The monoisotopic (exact) mass is 361 g/mol. The molecule has 0 N–H and O–H groups in total. The van der Waals surface area contributed by atoms with Gasteiger partial charge in [0.1, 0.15) is 0 Å². The smallest absolute Gasteiger partial charge is 0.0346 e. The highest BCUT2D eigenvalue weighted by Gasteiger charge is 2.20. The van der Waals surface area contributed by atoms with Crippen LogP contribution in [0.4, 0.5) is 0 Å². The highest BCUT2D eigenvalue weighted by Crippen LogP contribution is 2.39. The second-order valence-corrected chi connectivity index (χ2v) is 7.49. The van der Waals surface area contributed by atoms with Crippen molar-refractivity contribution in [3.05, 3.63) is 108 Å². The summed E-state index contributed by atoms with van der Waals surface area (Å²) in [5.74, 6) is 0. The molecule has 2 aliphatic rings. The number of hydrogen-bond acceptors (Lipinski definition) is 1. The highest BCUT2D eigenvalue weighted by atomic mass is 14.6. The molecule has 0 unspecified atom stereocenters. The molecule has 4 aromatic rings. The summed E-state index contributed by atoms with van der Waals surface area (Å²) in [6, 6.07) is 23.6. The molecule has 1 heteroatoms. The van der Waals surface area contributed by atoms with Gasteiger partial charge in [0, 0.05) is 12.4 Å². The Balaban J connectivity index is 0.000000145. The van der Waals surface area contributed by atoms with Crippen molar-refractivity contribution in [2.45, 2.75) is 25.7 Å². The van der Waals surface area contributed by atoms with E-state index >= 15 is 0 Å². The molecule has 0 saturated heterocycles. The first-order valence-corrected chi connectivity index (χ1v) is 10.1. The van der Waals surface area contributed by atoms with Crippen molar-refractivity contribution in [1.29, 1.82) is 0 Å². The second-order valence-electron chi connectivity index (χ2n) is 7.49. The fourth-order valence-electron chi connectivity index (χ4n) is 4.41. The zero-order chi connectivity index (χ0) is 18.8. The Labute approximate surface area is 166 Å². The molecule has 28 heavy (non-hydrogen) atoms. The molecule has 136 valence electrons. The lowest BCUT2D eigenvalue weighted by Crippen LogP contribution is -2.06. The number of allylic oxidation sites excluding steroid dienone is 4. The van der Waals surface area contributed by atoms with Crippen LogP contribution in [-0.2, 0) is 6.42 Å². The highest BCUT2D eigenvalue weighted by molar-refractivity contribution is 5.93. The summed E-state index contributed by atoms with van der Waals surface area (Å²) in [5.41, 5.74) is 6.21. The van der Waals surface area contributed by atoms with E-state index in [9.17, 15) is 0 Å². The lowest BCUT2D eigenvalue weighted by Gasteiger charge is -2.25. The topological polar surface area (TPSA) is 12.9 Å². The van der Waals surface area contributed by atoms with Crippen molar-refractivity contribution in [3.63, 3.8) is 0 Å². The fraction of sp³-hybridized carbons (Fsp3) is 0.148. The van der Waals surface area contributed by atoms with Gasteiger partial charge < -0.3 is 0 Å². The van der Waals surface area contributed by atoms with Crippen LogP contribution in [-0.4, -0.2) is 4.98 Å². The van der Waals surface area contributed by atoms with Gasteiger partial charge in [0.15, 0.2) is 0 Å². The average molecular weight is 361 g/mol. The maximum Gasteiger partial charge on any atom is 0.0346 e. The van der Waals surface area contributed by atoms with E-state index in [1.165, 1.54) is 58.4 Å². The van der Waals surface area contributed by atoms with Crippen LogP contribution in [0, 0.1) is 0 Å². The lowest BCUT2D eigenvalue weighted by molar-refractivity contribution is 0.831. The molecule has 1 aromatic heterocycles. The van der Waals surface area contributed by atoms with Gasteiger partial charge in [-0.05, 0) is 70.0 Å². The van der Waals surface area contributed by atoms with Crippen molar-refractivity contribution < 1.29 is 0 Å². The van der Waals surface area contributed by atoms with Crippen LogP contribution in [0.5, 0.6) is 0 Å². The van der Waals surface area contributed by atoms with Crippen LogP contribution < -0.4 is 0 Å². The van der Waals surface area contributed by atoms with Gasteiger partial charge in [0.05, 0.1) is 0 Å². The van der Waals surface area contributed by atoms with Crippen molar-refractivity contribution in [1.82, 2.24) is 4.98 Å². The third kappa shape index (κ3) is 3.14. The van der Waals surface area contributed by atoms with Crippen molar-refractivity contribution in [3.8, 4) is 0 Å². The molecule has 0 radical (unpaired) electrons. The first-order chi connectivity index (χ1) is 13.9. The number of fused-ring (bicyclic) bond motifs is 5. The number of pyridine rings is 1. The van der Waals surface area contributed by atoms with E-state index in [1.807, 2.05) is 30.6 Å². The molecular weight excluding hydrogens is 338 g/mol. The largest absolute Gasteiger partial charge is 0.264 e. The van der Waals surface area contributed by atoms with Gasteiger partial charge in [0.25, 0.3) is 0 Å². The number of benzene rings is 3. The van der Waals surface area contributed by atoms with E-state index in [-0.39, 0.29) is 0 Å². The standard InChI is InChI=1S/C18H16.C9H7N/c1-3-7-15-13(5-1)9-11-18-16-8-4-2-6-14(16)10-12-17(15)18;1-2-4-9-7-10-6-5-8(9)3-1/h1,3-5,7-9,11H,2,6,10,12H2;1-7H. The second kappa shape index (κ2) is 7.44. The van der Waals surface area contributed by atoms with E-state index in [0.717, 1.165) is 0 Å². The Morgan fingerprint density at radius 3 is 2.39 bits per heavy atom. The molecule has 6 rings (SSSR count). The molecule has 1 nitrogen and oxygen atoms in total. The molecule has 0 fully saturated rings. The minimum Gasteiger partial charge on any atom is -0.264 e. The number of aromatic nitrogens is 1. The van der Waals surface area contributed by atoms with E-state index in [4.69, 9.17) is 0 Å². The van der Waals surface area contributed by atoms with Crippen LogP contribution in [0.2, 0.25) is 0 Å². The summed E-state index contributed by atoms with van der Waals surface area (Å²) in [5, 5.41) is 5.27. The summed E-state index contributed by atoms with van der Waals surface area (Å²) in [4.78, 5) is 4.01. The maximum atomic E-state index is 4.01. The van der Waals surface area contributed by atoms with Gasteiger partial charge in [-0.1, -0.05) is 78.4 Å². The molecule has 0 bridgehead atoms. The van der Waals surface area contributed by atoms with E-state index < -0.39 is 0 Å². The molecule has 0 saturated carbocycles. The lowest BCUT2D eigenvalue weighted by atomic mass is 9.80. The Kier molecular flexibility index (Phi) is 4.50. The molecule has 0 aliphatic heterocycles. The quantitative estimate of drug-likeness (QED) is 0.325. The Hall–Kier alpha value is -3.19. The zero-order valence-corrected chi connectivity index (χ0v) is 15.9. The third-order valence-corrected chi connectivity index (χ3v) is 5.84. The molecule has 0 atom stereocenters. The van der Waals surface area contributed by atoms with Crippen LogP contribution in [0.3, 0.4) is 0 Å². The van der Waals surface area contributed by atoms with Gasteiger partial charge in [-0.3, -0.25) is 4.98 Å². The minimum atomic E-state index is 1.20. The first-order valence-electron chi connectivity index (χ1n) is 10.1. The predicted octanol–water partition coefficient (Wildman–Crippen LogP) is 7.12. The minimum absolute atomic E-state index is 1.20.